The molecule has 1 unspecified atom stereocenters. The molecule has 0 spiro atoms. The van der Waals surface area contributed by atoms with E-state index < -0.39 is 0 Å². The van der Waals surface area contributed by atoms with Crippen LogP contribution in [0.15, 0.2) is 22.7 Å². The van der Waals surface area contributed by atoms with Crippen molar-refractivity contribution in [1.82, 2.24) is 5.43 Å². The summed E-state index contributed by atoms with van der Waals surface area (Å²) in [6.45, 7) is 6.56. The quantitative estimate of drug-likeness (QED) is 0.639. The molecule has 3 N–H and O–H groups in total. The molecule has 1 aromatic carbocycles. The maximum atomic E-state index is 5.70. The van der Waals surface area contributed by atoms with Crippen molar-refractivity contribution in [3.05, 3.63) is 33.8 Å². The van der Waals surface area contributed by atoms with Crippen LogP contribution in [0.4, 0.5) is 0 Å². The zero-order valence-electron chi connectivity index (χ0n) is 10.3. The molecule has 0 fully saturated rings. The number of rotatable bonds is 5. The minimum atomic E-state index is 0.253. The molecule has 0 aliphatic carbocycles. The minimum absolute atomic E-state index is 0.253. The third-order valence-corrected chi connectivity index (χ3v) is 3.76. The second kappa shape index (κ2) is 6.38. The molecule has 0 saturated carbocycles. The predicted molar refractivity (Wildman–Crippen MR) is 73.0 cm³/mol. The summed E-state index contributed by atoms with van der Waals surface area (Å²) in [5.74, 6) is 6.29. The van der Waals surface area contributed by atoms with Crippen LogP contribution in [0.25, 0.3) is 0 Å². The van der Waals surface area contributed by atoms with Gasteiger partial charge in [0.2, 0.25) is 0 Å². The van der Waals surface area contributed by atoms with Crippen molar-refractivity contribution in [3.63, 3.8) is 0 Å². The van der Waals surface area contributed by atoms with Gasteiger partial charge < -0.3 is 0 Å². The molecule has 0 saturated heterocycles. The standard InChI is InChI=1S/C13H21BrN2/c1-4-10(5-2)13(16-15)12-7-6-11(14)8-9(12)3/h6-8,10,13,16H,4-5,15H2,1-3H3. The van der Waals surface area contributed by atoms with Crippen molar-refractivity contribution in [2.75, 3.05) is 0 Å². The number of nitrogens with one attached hydrogen (secondary N) is 1. The van der Waals surface area contributed by atoms with Gasteiger partial charge in [-0.05, 0) is 36.1 Å². The summed E-state index contributed by atoms with van der Waals surface area (Å²) in [4.78, 5) is 0. The second-order valence-electron chi connectivity index (χ2n) is 4.22. The average Bonchev–Trinajstić information content (AvgIpc) is 2.27. The average molecular weight is 285 g/mol. The fourth-order valence-electron chi connectivity index (χ4n) is 2.23. The van der Waals surface area contributed by atoms with E-state index >= 15 is 0 Å². The lowest BCUT2D eigenvalue weighted by Crippen LogP contribution is -2.33. The van der Waals surface area contributed by atoms with Gasteiger partial charge in [0, 0.05) is 10.5 Å². The highest BCUT2D eigenvalue weighted by Crippen LogP contribution is 2.30. The normalized spacial score (nSPS) is 13.1. The number of hydrazine groups is 1. The van der Waals surface area contributed by atoms with Gasteiger partial charge in [0.05, 0.1) is 0 Å². The monoisotopic (exact) mass is 284 g/mol. The molecule has 0 aromatic heterocycles. The highest BCUT2D eigenvalue weighted by atomic mass is 79.9. The number of benzene rings is 1. The van der Waals surface area contributed by atoms with Gasteiger partial charge in [-0.25, -0.2) is 0 Å². The zero-order valence-corrected chi connectivity index (χ0v) is 11.8. The molecule has 0 aliphatic heterocycles. The summed E-state index contributed by atoms with van der Waals surface area (Å²) in [7, 11) is 0. The van der Waals surface area contributed by atoms with Crippen molar-refractivity contribution in [2.24, 2.45) is 11.8 Å². The number of hydrogen-bond donors (Lipinski definition) is 2. The van der Waals surface area contributed by atoms with Crippen molar-refractivity contribution in [2.45, 2.75) is 39.7 Å². The molecule has 3 heteroatoms. The van der Waals surface area contributed by atoms with E-state index in [4.69, 9.17) is 5.84 Å². The van der Waals surface area contributed by atoms with Gasteiger partial charge >= 0.3 is 0 Å². The molecule has 1 atom stereocenters. The lowest BCUT2D eigenvalue weighted by Gasteiger charge is -2.26. The van der Waals surface area contributed by atoms with Crippen molar-refractivity contribution in [3.8, 4) is 0 Å². The smallest absolute Gasteiger partial charge is 0.0490 e. The molecule has 1 rings (SSSR count). The highest BCUT2D eigenvalue weighted by Gasteiger charge is 2.20. The SMILES string of the molecule is CCC(CC)C(NN)c1ccc(Br)cc1C. The lowest BCUT2D eigenvalue weighted by atomic mass is 9.87. The van der Waals surface area contributed by atoms with Crippen LogP contribution in [-0.2, 0) is 0 Å². The van der Waals surface area contributed by atoms with Gasteiger partial charge in [0.1, 0.15) is 0 Å². The fourth-order valence-corrected chi connectivity index (χ4v) is 2.70. The van der Waals surface area contributed by atoms with Gasteiger partial charge in [-0.2, -0.15) is 0 Å². The molecule has 90 valence electrons. The van der Waals surface area contributed by atoms with Crippen LogP contribution < -0.4 is 11.3 Å². The molecule has 16 heavy (non-hydrogen) atoms. The maximum Gasteiger partial charge on any atom is 0.0490 e. The number of hydrogen-bond acceptors (Lipinski definition) is 2. The number of nitrogens with two attached hydrogens (primary N) is 1. The first-order chi connectivity index (χ1) is 7.63. The summed E-state index contributed by atoms with van der Waals surface area (Å²) in [5.41, 5.74) is 5.55. The topological polar surface area (TPSA) is 38.0 Å². The molecule has 0 bridgehead atoms. The molecular formula is C13H21BrN2. The minimum Gasteiger partial charge on any atom is -0.271 e. The Balaban J connectivity index is 3.03. The van der Waals surface area contributed by atoms with E-state index in [1.807, 2.05) is 0 Å². The molecule has 1 aromatic rings. The molecule has 0 radical (unpaired) electrons. The summed E-state index contributed by atoms with van der Waals surface area (Å²) in [5, 5.41) is 0. The predicted octanol–water partition coefficient (Wildman–Crippen LogP) is 3.70. The highest BCUT2D eigenvalue weighted by molar-refractivity contribution is 9.10. The van der Waals surface area contributed by atoms with Crippen LogP contribution in [0, 0.1) is 12.8 Å². The van der Waals surface area contributed by atoms with Crippen LogP contribution in [0.2, 0.25) is 0 Å². The Hall–Kier alpha value is -0.380. The fraction of sp³-hybridized carbons (Fsp3) is 0.538. The molecule has 0 heterocycles. The van der Waals surface area contributed by atoms with Crippen LogP contribution in [0.3, 0.4) is 0 Å². The Labute approximate surface area is 107 Å². The van der Waals surface area contributed by atoms with Crippen molar-refractivity contribution < 1.29 is 0 Å². The Morgan fingerprint density at radius 3 is 2.38 bits per heavy atom. The van der Waals surface area contributed by atoms with E-state index in [0.717, 1.165) is 17.3 Å². The van der Waals surface area contributed by atoms with E-state index in [2.05, 4.69) is 60.3 Å². The van der Waals surface area contributed by atoms with Gasteiger partial charge in [-0.15, -0.1) is 0 Å². The maximum absolute atomic E-state index is 5.70. The first-order valence-electron chi connectivity index (χ1n) is 5.86. The third-order valence-electron chi connectivity index (χ3n) is 3.27. The van der Waals surface area contributed by atoms with Crippen LogP contribution in [0.5, 0.6) is 0 Å². The van der Waals surface area contributed by atoms with E-state index in [-0.39, 0.29) is 6.04 Å². The Morgan fingerprint density at radius 2 is 1.94 bits per heavy atom. The Bertz CT molecular complexity index is 335. The van der Waals surface area contributed by atoms with E-state index in [9.17, 15) is 0 Å². The number of halogens is 1. The molecule has 0 aliphatic rings. The zero-order chi connectivity index (χ0) is 12.1. The first-order valence-corrected chi connectivity index (χ1v) is 6.65. The lowest BCUT2D eigenvalue weighted by molar-refractivity contribution is 0.344. The van der Waals surface area contributed by atoms with E-state index in [1.165, 1.54) is 11.1 Å². The second-order valence-corrected chi connectivity index (χ2v) is 5.14. The summed E-state index contributed by atoms with van der Waals surface area (Å²) >= 11 is 3.49. The van der Waals surface area contributed by atoms with Crippen LogP contribution >= 0.6 is 15.9 Å². The van der Waals surface area contributed by atoms with Gasteiger partial charge in [0.15, 0.2) is 0 Å². The van der Waals surface area contributed by atoms with Gasteiger partial charge in [0.25, 0.3) is 0 Å². The van der Waals surface area contributed by atoms with Gasteiger partial charge in [-0.3, -0.25) is 11.3 Å². The Kier molecular flexibility index (Phi) is 5.46. The molecule has 2 nitrogen and oxygen atoms in total. The Morgan fingerprint density at radius 1 is 1.31 bits per heavy atom. The van der Waals surface area contributed by atoms with E-state index in [0.29, 0.717) is 5.92 Å². The summed E-state index contributed by atoms with van der Waals surface area (Å²) in [6, 6.07) is 6.63. The number of aryl methyl sites for hydroxylation is 1. The van der Waals surface area contributed by atoms with E-state index in [1.54, 1.807) is 0 Å². The van der Waals surface area contributed by atoms with Crippen LogP contribution in [-0.4, -0.2) is 0 Å². The van der Waals surface area contributed by atoms with Crippen molar-refractivity contribution >= 4 is 15.9 Å². The summed E-state index contributed by atoms with van der Waals surface area (Å²) < 4.78 is 1.12. The van der Waals surface area contributed by atoms with Crippen molar-refractivity contribution in [1.29, 1.82) is 0 Å². The third kappa shape index (κ3) is 3.06. The first kappa shape index (κ1) is 13.7. The summed E-state index contributed by atoms with van der Waals surface area (Å²) in [6.07, 6.45) is 2.28. The largest absolute Gasteiger partial charge is 0.271 e. The molecular weight excluding hydrogens is 264 g/mol. The molecule has 0 amide bonds. The van der Waals surface area contributed by atoms with Gasteiger partial charge in [-0.1, -0.05) is 48.7 Å². The van der Waals surface area contributed by atoms with Crippen LogP contribution in [0.1, 0.15) is 43.9 Å².